The molecule has 2 unspecified atom stereocenters. The molecule has 0 saturated carbocycles. The fourth-order valence-electron chi connectivity index (χ4n) is 3.89. The summed E-state index contributed by atoms with van der Waals surface area (Å²) in [5, 5.41) is 8.42. The van der Waals surface area contributed by atoms with Crippen LogP contribution >= 0.6 is 15.9 Å². The first-order valence-electron chi connectivity index (χ1n) is 10.1. The molecule has 0 bridgehead atoms. The predicted molar refractivity (Wildman–Crippen MR) is 117 cm³/mol. The van der Waals surface area contributed by atoms with Gasteiger partial charge >= 0.3 is 0 Å². The first kappa shape index (κ1) is 20.5. The summed E-state index contributed by atoms with van der Waals surface area (Å²) in [6.07, 6.45) is 5.18. The fraction of sp³-hybridized carbons (Fsp3) is 0.364. The largest absolute Gasteiger partial charge is 0.477 e. The summed E-state index contributed by atoms with van der Waals surface area (Å²) in [5.74, 6) is 0.828. The van der Waals surface area contributed by atoms with Crippen LogP contribution in [0.4, 0.5) is 0 Å². The van der Waals surface area contributed by atoms with Crippen LogP contribution in [-0.2, 0) is 0 Å². The van der Waals surface area contributed by atoms with Crippen LogP contribution in [0.15, 0.2) is 53.4 Å². The Bertz CT molecular complexity index is 1020. The molecule has 2 atom stereocenters. The minimum absolute atomic E-state index is 0.00350. The van der Waals surface area contributed by atoms with Crippen molar-refractivity contribution in [2.75, 3.05) is 13.2 Å². The van der Waals surface area contributed by atoms with E-state index >= 15 is 0 Å². The molecule has 0 aliphatic carbocycles. The highest BCUT2D eigenvalue weighted by Gasteiger charge is 2.33. The van der Waals surface area contributed by atoms with Crippen LogP contribution in [0, 0.1) is 12.8 Å². The lowest BCUT2D eigenvalue weighted by molar-refractivity contribution is 0.0448. The second-order valence-corrected chi connectivity index (χ2v) is 8.40. The minimum atomic E-state index is 0.00350. The maximum absolute atomic E-state index is 13.5. The number of carbonyl (C=O) groups is 1. The number of hydrogen-bond donors (Lipinski definition) is 0. The average Bonchev–Trinajstić information content (AvgIpc) is 3.27. The highest BCUT2D eigenvalue weighted by molar-refractivity contribution is 9.10. The highest BCUT2D eigenvalue weighted by Crippen LogP contribution is 2.28. The number of amides is 1. The van der Waals surface area contributed by atoms with E-state index in [1.807, 2.05) is 48.2 Å². The van der Waals surface area contributed by atoms with Gasteiger partial charge in [-0.2, -0.15) is 15.0 Å². The zero-order chi connectivity index (χ0) is 21.1. The Morgan fingerprint density at radius 1 is 1.23 bits per heavy atom. The van der Waals surface area contributed by atoms with Crippen molar-refractivity contribution in [2.24, 2.45) is 5.92 Å². The van der Waals surface area contributed by atoms with E-state index in [2.05, 4.69) is 38.0 Å². The number of halogens is 1. The summed E-state index contributed by atoms with van der Waals surface area (Å²) < 4.78 is 6.67. The lowest BCUT2D eigenvalue weighted by atomic mass is 9.90. The van der Waals surface area contributed by atoms with E-state index in [-0.39, 0.29) is 17.9 Å². The number of ether oxygens (including phenoxy) is 1. The van der Waals surface area contributed by atoms with Gasteiger partial charge in [0, 0.05) is 24.6 Å². The standard InChI is InChI=1S/C22H24BrN5O2/c1-15-8-9-19(28-24-10-11-25-28)18(13-15)22(29)27-12-4-5-17(16(27)2)14-30-21-7-3-6-20(23)26-21/h3,6-11,13,16-17H,4-5,12,14H2,1-2H3. The molecule has 0 spiro atoms. The van der Waals surface area contributed by atoms with Crippen LogP contribution in [-0.4, -0.2) is 50.0 Å². The van der Waals surface area contributed by atoms with Gasteiger partial charge < -0.3 is 9.64 Å². The molecule has 3 aromatic rings. The molecule has 0 N–H and O–H groups in total. The summed E-state index contributed by atoms with van der Waals surface area (Å²) >= 11 is 3.37. The molecule has 7 nitrogen and oxygen atoms in total. The van der Waals surface area contributed by atoms with Crippen molar-refractivity contribution < 1.29 is 9.53 Å². The molecule has 3 heterocycles. The minimum Gasteiger partial charge on any atom is -0.477 e. The average molecular weight is 470 g/mol. The number of likely N-dealkylation sites (tertiary alicyclic amines) is 1. The molecule has 8 heteroatoms. The van der Waals surface area contributed by atoms with Crippen LogP contribution in [0.3, 0.4) is 0 Å². The number of piperidine rings is 1. The highest BCUT2D eigenvalue weighted by atomic mass is 79.9. The van der Waals surface area contributed by atoms with Crippen molar-refractivity contribution in [3.05, 3.63) is 64.5 Å². The van der Waals surface area contributed by atoms with Crippen LogP contribution in [0.1, 0.15) is 35.7 Å². The monoisotopic (exact) mass is 469 g/mol. The molecule has 1 aromatic carbocycles. The maximum atomic E-state index is 13.5. The van der Waals surface area contributed by atoms with E-state index in [1.54, 1.807) is 12.4 Å². The third-order valence-electron chi connectivity index (χ3n) is 5.56. The number of rotatable bonds is 5. The SMILES string of the molecule is Cc1ccc(-n2nccn2)c(C(=O)N2CCCC(COc3cccc(Br)n3)C2C)c1. The molecule has 156 valence electrons. The Hall–Kier alpha value is -2.74. The summed E-state index contributed by atoms with van der Waals surface area (Å²) in [6, 6.07) is 11.4. The van der Waals surface area contributed by atoms with Gasteiger partial charge in [-0.3, -0.25) is 4.79 Å². The predicted octanol–water partition coefficient (Wildman–Crippen LogP) is 4.05. The van der Waals surface area contributed by atoms with E-state index in [0.29, 0.717) is 23.7 Å². The quantitative estimate of drug-likeness (QED) is 0.526. The number of nitrogens with zero attached hydrogens (tertiary/aromatic N) is 5. The number of aryl methyl sites for hydroxylation is 1. The van der Waals surface area contributed by atoms with Gasteiger partial charge in [-0.15, -0.1) is 0 Å². The first-order valence-corrected chi connectivity index (χ1v) is 10.9. The van der Waals surface area contributed by atoms with Gasteiger partial charge in [0.1, 0.15) is 4.60 Å². The van der Waals surface area contributed by atoms with Crippen molar-refractivity contribution in [1.29, 1.82) is 0 Å². The third kappa shape index (κ3) is 4.38. The van der Waals surface area contributed by atoms with Crippen molar-refractivity contribution in [3.8, 4) is 11.6 Å². The third-order valence-corrected chi connectivity index (χ3v) is 6.00. The van der Waals surface area contributed by atoms with Crippen molar-refractivity contribution in [1.82, 2.24) is 24.9 Å². The van der Waals surface area contributed by atoms with Gasteiger partial charge in [-0.1, -0.05) is 17.7 Å². The zero-order valence-electron chi connectivity index (χ0n) is 17.0. The normalized spacial score (nSPS) is 19.0. The Labute approximate surface area is 184 Å². The van der Waals surface area contributed by atoms with Gasteiger partial charge in [0.25, 0.3) is 5.91 Å². The number of aromatic nitrogens is 4. The lowest BCUT2D eigenvalue weighted by Gasteiger charge is -2.39. The number of pyridine rings is 1. The second-order valence-electron chi connectivity index (χ2n) is 7.59. The molecular weight excluding hydrogens is 446 g/mol. The Kier molecular flexibility index (Phi) is 6.13. The van der Waals surface area contributed by atoms with Gasteiger partial charge in [0.2, 0.25) is 5.88 Å². The summed E-state index contributed by atoms with van der Waals surface area (Å²) in [6.45, 7) is 5.33. The van der Waals surface area contributed by atoms with Gasteiger partial charge in [0.15, 0.2) is 0 Å². The van der Waals surface area contributed by atoms with E-state index in [9.17, 15) is 4.79 Å². The Balaban J connectivity index is 1.52. The molecule has 1 amide bonds. The zero-order valence-corrected chi connectivity index (χ0v) is 18.6. The molecule has 1 fully saturated rings. The molecule has 1 aliphatic rings. The first-order chi connectivity index (χ1) is 14.5. The molecular formula is C22H24BrN5O2. The molecule has 2 aromatic heterocycles. The molecule has 1 aliphatic heterocycles. The van der Waals surface area contributed by atoms with Crippen molar-refractivity contribution >= 4 is 21.8 Å². The molecule has 30 heavy (non-hydrogen) atoms. The lowest BCUT2D eigenvalue weighted by Crippen LogP contribution is -2.48. The number of carbonyl (C=O) groups excluding carboxylic acids is 1. The van der Waals surface area contributed by atoms with Crippen molar-refractivity contribution in [3.63, 3.8) is 0 Å². The molecule has 4 rings (SSSR count). The van der Waals surface area contributed by atoms with Gasteiger partial charge in [0.05, 0.1) is 30.3 Å². The van der Waals surface area contributed by atoms with E-state index in [1.165, 1.54) is 4.80 Å². The summed E-state index contributed by atoms with van der Waals surface area (Å²) in [7, 11) is 0. The van der Waals surface area contributed by atoms with Crippen LogP contribution in [0.2, 0.25) is 0 Å². The molecule has 1 saturated heterocycles. The molecule has 0 radical (unpaired) electrons. The van der Waals surface area contributed by atoms with Crippen molar-refractivity contribution in [2.45, 2.75) is 32.7 Å². The summed E-state index contributed by atoms with van der Waals surface area (Å²) in [4.78, 5) is 21.3. The summed E-state index contributed by atoms with van der Waals surface area (Å²) in [5.41, 5.74) is 2.34. The fourth-order valence-corrected chi connectivity index (χ4v) is 4.21. The van der Waals surface area contributed by atoms with E-state index in [0.717, 1.165) is 29.6 Å². The Morgan fingerprint density at radius 2 is 2.03 bits per heavy atom. The number of benzene rings is 1. The van der Waals surface area contributed by atoms with E-state index in [4.69, 9.17) is 4.74 Å². The van der Waals surface area contributed by atoms with Crippen LogP contribution in [0.25, 0.3) is 5.69 Å². The van der Waals surface area contributed by atoms with Crippen LogP contribution < -0.4 is 4.74 Å². The topological polar surface area (TPSA) is 73.1 Å². The van der Waals surface area contributed by atoms with E-state index < -0.39 is 0 Å². The smallest absolute Gasteiger partial charge is 0.256 e. The van der Waals surface area contributed by atoms with Gasteiger partial charge in [-0.25, -0.2) is 4.98 Å². The van der Waals surface area contributed by atoms with Crippen LogP contribution in [0.5, 0.6) is 5.88 Å². The number of hydrogen-bond acceptors (Lipinski definition) is 5. The maximum Gasteiger partial charge on any atom is 0.256 e. The second kappa shape index (κ2) is 8.95. The Morgan fingerprint density at radius 3 is 2.80 bits per heavy atom. The van der Waals surface area contributed by atoms with Gasteiger partial charge in [-0.05, 0) is 60.8 Å².